The Morgan fingerprint density at radius 2 is 2.07 bits per heavy atom. The van der Waals surface area contributed by atoms with Gasteiger partial charge in [-0.15, -0.1) is 0 Å². The van der Waals surface area contributed by atoms with Gasteiger partial charge in [-0.05, 0) is 40.0 Å². The molecule has 0 N–H and O–H groups in total. The molecule has 0 saturated carbocycles. The Labute approximate surface area is 92.6 Å². The highest BCUT2D eigenvalue weighted by Gasteiger charge is 2.37. The van der Waals surface area contributed by atoms with Crippen molar-refractivity contribution in [2.45, 2.75) is 64.4 Å². The average molecular weight is 210 g/mol. The van der Waals surface area contributed by atoms with Gasteiger partial charge >= 0.3 is 0 Å². The van der Waals surface area contributed by atoms with E-state index < -0.39 is 0 Å². The van der Waals surface area contributed by atoms with Crippen molar-refractivity contribution in [2.24, 2.45) is 5.92 Å². The summed E-state index contributed by atoms with van der Waals surface area (Å²) in [5.41, 5.74) is -0.0243. The van der Waals surface area contributed by atoms with E-state index in [9.17, 15) is 0 Å². The summed E-state index contributed by atoms with van der Waals surface area (Å²) >= 11 is 0. The lowest BCUT2D eigenvalue weighted by Crippen LogP contribution is -2.46. The zero-order valence-corrected chi connectivity index (χ0v) is 10.0. The second-order valence-corrected chi connectivity index (χ2v) is 5.44. The molecule has 15 heavy (non-hydrogen) atoms. The summed E-state index contributed by atoms with van der Waals surface area (Å²) in [6.07, 6.45) is 9.31. The molecule has 0 spiro atoms. The molecule has 1 heterocycles. The van der Waals surface area contributed by atoms with Gasteiger partial charge in [0.2, 0.25) is 0 Å². The molecule has 2 heteroatoms. The Bertz CT molecular complexity index is 245. The molecule has 3 atom stereocenters. The van der Waals surface area contributed by atoms with Gasteiger partial charge in [-0.1, -0.05) is 12.2 Å². The summed E-state index contributed by atoms with van der Waals surface area (Å²) < 4.78 is 11.9. The summed E-state index contributed by atoms with van der Waals surface area (Å²) in [5.74, 6) is 0.553. The quantitative estimate of drug-likeness (QED) is 0.618. The monoisotopic (exact) mass is 210 g/mol. The molecule has 0 aromatic carbocycles. The molecule has 86 valence electrons. The maximum Gasteiger partial charge on any atom is 0.161 e. The van der Waals surface area contributed by atoms with E-state index in [0.29, 0.717) is 12.0 Å². The number of hydrogen-bond donors (Lipinski definition) is 0. The topological polar surface area (TPSA) is 18.5 Å². The van der Waals surface area contributed by atoms with E-state index in [1.165, 1.54) is 12.8 Å². The van der Waals surface area contributed by atoms with Crippen LogP contribution in [-0.2, 0) is 9.47 Å². The van der Waals surface area contributed by atoms with Gasteiger partial charge in [0.1, 0.15) is 0 Å². The maximum atomic E-state index is 6.03. The van der Waals surface area contributed by atoms with Gasteiger partial charge in [0.15, 0.2) is 6.29 Å². The van der Waals surface area contributed by atoms with Gasteiger partial charge in [0, 0.05) is 12.3 Å². The van der Waals surface area contributed by atoms with E-state index in [-0.39, 0.29) is 11.9 Å². The van der Waals surface area contributed by atoms with Crippen LogP contribution in [0.2, 0.25) is 0 Å². The fourth-order valence-electron chi connectivity index (χ4n) is 2.63. The largest absolute Gasteiger partial charge is 0.349 e. The first-order valence-electron chi connectivity index (χ1n) is 6.05. The smallest absolute Gasteiger partial charge is 0.161 e. The molecule has 0 radical (unpaired) electrons. The Hall–Kier alpha value is -0.340. The first-order chi connectivity index (χ1) is 7.07. The second kappa shape index (κ2) is 4.26. The van der Waals surface area contributed by atoms with Crippen LogP contribution in [0.25, 0.3) is 0 Å². The van der Waals surface area contributed by atoms with E-state index in [0.717, 1.165) is 12.8 Å². The highest BCUT2D eigenvalue weighted by Crippen LogP contribution is 2.34. The van der Waals surface area contributed by atoms with Crippen LogP contribution in [0, 0.1) is 5.92 Å². The van der Waals surface area contributed by atoms with Gasteiger partial charge in [0.25, 0.3) is 0 Å². The Morgan fingerprint density at radius 3 is 2.67 bits per heavy atom. The van der Waals surface area contributed by atoms with Crippen LogP contribution in [0.1, 0.15) is 46.5 Å². The molecule has 0 aromatic heterocycles. The summed E-state index contributed by atoms with van der Waals surface area (Å²) in [7, 11) is 0. The van der Waals surface area contributed by atoms with E-state index in [1.807, 2.05) is 0 Å². The predicted octanol–water partition coefficient (Wildman–Crippen LogP) is 3.27. The Balaban J connectivity index is 1.99. The molecule has 1 fully saturated rings. The summed E-state index contributed by atoms with van der Waals surface area (Å²) in [4.78, 5) is 0. The zero-order chi connectivity index (χ0) is 10.9. The molecule has 1 aliphatic carbocycles. The molecule has 0 unspecified atom stereocenters. The van der Waals surface area contributed by atoms with Crippen LogP contribution in [0.4, 0.5) is 0 Å². The Morgan fingerprint density at radius 1 is 1.27 bits per heavy atom. The minimum Gasteiger partial charge on any atom is -0.349 e. The first kappa shape index (κ1) is 11.2. The minimum absolute atomic E-state index is 0.00806. The lowest BCUT2D eigenvalue weighted by atomic mass is 9.91. The van der Waals surface area contributed by atoms with Crippen molar-refractivity contribution in [1.82, 2.24) is 0 Å². The second-order valence-electron chi connectivity index (χ2n) is 5.44. The van der Waals surface area contributed by atoms with Crippen LogP contribution in [0.5, 0.6) is 0 Å². The van der Waals surface area contributed by atoms with Crippen molar-refractivity contribution in [3.05, 3.63) is 12.2 Å². The molecule has 1 saturated heterocycles. The van der Waals surface area contributed by atoms with Gasteiger partial charge in [0.05, 0.1) is 11.7 Å². The van der Waals surface area contributed by atoms with Crippen LogP contribution in [0.3, 0.4) is 0 Å². The molecular weight excluding hydrogens is 188 g/mol. The SMILES string of the molecule is C[C@@H]1CC(C)(C)O[C@@H]([C@@H]2CC=CCC2)O1. The van der Waals surface area contributed by atoms with Crippen molar-refractivity contribution in [3.63, 3.8) is 0 Å². The van der Waals surface area contributed by atoms with Crippen molar-refractivity contribution in [3.8, 4) is 0 Å². The third-order valence-electron chi connectivity index (χ3n) is 3.28. The maximum absolute atomic E-state index is 6.03. The third kappa shape index (κ3) is 2.82. The summed E-state index contributed by atoms with van der Waals surface area (Å²) in [5, 5.41) is 0. The molecule has 0 bridgehead atoms. The molecule has 2 rings (SSSR count). The van der Waals surface area contributed by atoms with Gasteiger partial charge in [-0.25, -0.2) is 0 Å². The van der Waals surface area contributed by atoms with E-state index in [2.05, 4.69) is 32.9 Å². The zero-order valence-electron chi connectivity index (χ0n) is 10.0. The van der Waals surface area contributed by atoms with Gasteiger partial charge in [-0.2, -0.15) is 0 Å². The summed E-state index contributed by atoms with van der Waals surface area (Å²) in [6, 6.07) is 0. The highest BCUT2D eigenvalue weighted by molar-refractivity contribution is 4.92. The third-order valence-corrected chi connectivity index (χ3v) is 3.28. The van der Waals surface area contributed by atoms with Crippen LogP contribution < -0.4 is 0 Å². The fraction of sp³-hybridized carbons (Fsp3) is 0.846. The molecule has 0 aromatic rings. The van der Waals surface area contributed by atoms with E-state index in [1.54, 1.807) is 0 Å². The van der Waals surface area contributed by atoms with Crippen LogP contribution in [0.15, 0.2) is 12.2 Å². The number of hydrogen-bond acceptors (Lipinski definition) is 2. The molecule has 2 aliphatic rings. The lowest BCUT2D eigenvalue weighted by molar-refractivity contribution is -0.287. The number of rotatable bonds is 1. The predicted molar refractivity (Wildman–Crippen MR) is 60.6 cm³/mol. The van der Waals surface area contributed by atoms with Crippen molar-refractivity contribution >= 4 is 0 Å². The van der Waals surface area contributed by atoms with Crippen molar-refractivity contribution in [2.75, 3.05) is 0 Å². The van der Waals surface area contributed by atoms with E-state index >= 15 is 0 Å². The standard InChI is InChI=1S/C13H22O2/c1-10-9-13(2,3)15-12(14-10)11-7-5-4-6-8-11/h4-5,10-12H,6-9H2,1-3H3/t10-,11-,12+/m1/s1. The number of allylic oxidation sites excluding steroid dienone is 2. The van der Waals surface area contributed by atoms with Crippen molar-refractivity contribution < 1.29 is 9.47 Å². The Kier molecular flexibility index (Phi) is 3.17. The molecule has 1 aliphatic heterocycles. The molecule has 0 amide bonds. The summed E-state index contributed by atoms with van der Waals surface area (Å²) in [6.45, 7) is 6.48. The normalized spacial score (nSPS) is 40.3. The van der Waals surface area contributed by atoms with Crippen LogP contribution >= 0.6 is 0 Å². The van der Waals surface area contributed by atoms with Gasteiger partial charge < -0.3 is 9.47 Å². The molecular formula is C13H22O2. The van der Waals surface area contributed by atoms with Crippen LogP contribution in [-0.4, -0.2) is 18.0 Å². The molecule has 2 nitrogen and oxygen atoms in total. The highest BCUT2D eigenvalue weighted by atomic mass is 16.7. The minimum atomic E-state index is -0.0243. The van der Waals surface area contributed by atoms with Crippen molar-refractivity contribution in [1.29, 1.82) is 0 Å². The fourth-order valence-corrected chi connectivity index (χ4v) is 2.63. The lowest BCUT2D eigenvalue weighted by Gasteiger charge is -2.42. The average Bonchev–Trinajstić information content (AvgIpc) is 2.16. The first-order valence-corrected chi connectivity index (χ1v) is 6.05. The number of ether oxygens (including phenoxy) is 2. The van der Waals surface area contributed by atoms with Gasteiger partial charge in [-0.3, -0.25) is 0 Å². The van der Waals surface area contributed by atoms with E-state index in [4.69, 9.17) is 9.47 Å².